The summed E-state index contributed by atoms with van der Waals surface area (Å²) in [5.41, 5.74) is 20.3. The second-order valence-corrected chi connectivity index (χ2v) is 17.3. The van der Waals surface area contributed by atoms with Gasteiger partial charge in [-0.25, -0.2) is 0 Å². The highest BCUT2D eigenvalue weighted by molar-refractivity contribution is 6.15. The number of hydrogen-bond acceptors (Lipinski definition) is 2. The van der Waals surface area contributed by atoms with Crippen molar-refractivity contribution in [3.05, 3.63) is 225 Å². The van der Waals surface area contributed by atoms with Crippen LogP contribution in [-0.4, -0.2) is 26.9 Å². The van der Waals surface area contributed by atoms with E-state index in [1.165, 1.54) is 43.6 Å². The molecule has 0 saturated heterocycles. The van der Waals surface area contributed by atoms with E-state index in [0.717, 1.165) is 78.8 Å². The van der Waals surface area contributed by atoms with Crippen LogP contribution in [0.3, 0.4) is 0 Å². The molecule has 308 valence electrons. The van der Waals surface area contributed by atoms with Gasteiger partial charge in [0, 0.05) is 73.9 Å². The molecule has 0 bridgehead atoms. The SMILES string of the molecule is C1=[N+](c2ccccc2)c2cc3c(cc2N(c2ccccc2)C1)-c1ncccc1-c1cccc(-n2c4ccccc4c4ccccc42)c1-c1c-3cccc1-n1c2ccccc2c2ccccc21. The van der Waals surface area contributed by atoms with E-state index in [1.807, 2.05) is 6.20 Å². The van der Waals surface area contributed by atoms with E-state index < -0.39 is 0 Å². The molecule has 9 aromatic carbocycles. The van der Waals surface area contributed by atoms with Crippen LogP contribution in [0.15, 0.2) is 225 Å². The maximum Gasteiger partial charge on any atom is 0.235 e. The van der Waals surface area contributed by atoms with Gasteiger partial charge in [-0.2, -0.15) is 4.58 Å². The van der Waals surface area contributed by atoms with Crippen molar-refractivity contribution in [1.29, 1.82) is 0 Å². The molecular weight excluding hydrogens is 803 g/mol. The van der Waals surface area contributed by atoms with E-state index in [0.29, 0.717) is 6.54 Å². The minimum absolute atomic E-state index is 0.708. The van der Waals surface area contributed by atoms with Crippen LogP contribution in [0.4, 0.5) is 22.7 Å². The van der Waals surface area contributed by atoms with Crippen molar-refractivity contribution in [2.24, 2.45) is 0 Å². The molecule has 1 aliphatic carbocycles. The fourth-order valence-electron chi connectivity index (χ4n) is 11.1. The summed E-state index contributed by atoms with van der Waals surface area (Å²) in [5.74, 6) is 0. The maximum atomic E-state index is 5.35. The van der Waals surface area contributed by atoms with Gasteiger partial charge in [0.1, 0.15) is 12.2 Å². The van der Waals surface area contributed by atoms with Gasteiger partial charge >= 0.3 is 0 Å². The average molecular weight is 843 g/mol. The van der Waals surface area contributed by atoms with Gasteiger partial charge in [-0.3, -0.25) is 4.98 Å². The Morgan fingerprint density at radius 2 is 0.864 bits per heavy atom. The number of rotatable bonds is 4. The van der Waals surface area contributed by atoms with Crippen molar-refractivity contribution in [1.82, 2.24) is 18.7 Å². The Morgan fingerprint density at radius 1 is 0.379 bits per heavy atom. The molecule has 0 radical (unpaired) electrons. The highest BCUT2D eigenvalue weighted by Crippen LogP contribution is 2.55. The number of anilines is 2. The lowest BCUT2D eigenvalue weighted by Crippen LogP contribution is -2.29. The van der Waals surface area contributed by atoms with Crippen LogP contribution >= 0.6 is 0 Å². The molecule has 4 heterocycles. The van der Waals surface area contributed by atoms with Crippen molar-refractivity contribution in [2.75, 3.05) is 11.4 Å². The second kappa shape index (κ2) is 14.4. The van der Waals surface area contributed by atoms with Gasteiger partial charge in [-0.15, -0.1) is 0 Å². The first kappa shape index (κ1) is 36.7. The number of aromatic nitrogens is 3. The van der Waals surface area contributed by atoms with Crippen LogP contribution in [0.2, 0.25) is 0 Å². The summed E-state index contributed by atoms with van der Waals surface area (Å²) in [6.45, 7) is 0.708. The Hall–Kier alpha value is -8.80. The summed E-state index contributed by atoms with van der Waals surface area (Å²) in [5, 5.41) is 4.91. The van der Waals surface area contributed by atoms with E-state index >= 15 is 0 Å². The largest absolute Gasteiger partial charge is 0.326 e. The predicted octanol–water partition coefficient (Wildman–Crippen LogP) is 15.3. The van der Waals surface area contributed by atoms with Gasteiger partial charge in [0.15, 0.2) is 6.21 Å². The van der Waals surface area contributed by atoms with Crippen molar-refractivity contribution < 1.29 is 0 Å². The highest BCUT2D eigenvalue weighted by Gasteiger charge is 2.35. The third kappa shape index (κ3) is 5.28. The molecule has 0 unspecified atom stereocenters. The zero-order valence-corrected chi connectivity index (χ0v) is 35.9. The normalized spacial score (nSPS) is 12.8. The standard InChI is InChI=1S/C61H40N5/c1-3-18-40(19-4-1)63-36-37-64(41-20-5-2-6-21-41)58-39-50-49(38-57(58)63)47-27-16-34-56(66-53-31-13-9-24-44(53)45-25-10-14-32-54(45)66)60(47)59-46(48-28-17-35-62-61(48)50)26-15-33-55(59)65-51-29-11-7-22-42(51)43-23-8-12-30-52(43)65/h1-36,38-39H,37H2/q+1. The molecule has 0 saturated carbocycles. The third-order valence-electron chi connectivity index (χ3n) is 13.8. The molecule has 2 aliphatic rings. The van der Waals surface area contributed by atoms with Gasteiger partial charge < -0.3 is 14.0 Å². The molecule has 5 heteroatoms. The van der Waals surface area contributed by atoms with Crippen LogP contribution in [0.25, 0.3) is 99.6 Å². The molecule has 3 aromatic heterocycles. The first-order chi connectivity index (χ1) is 32.8. The smallest absolute Gasteiger partial charge is 0.235 e. The van der Waals surface area contributed by atoms with Crippen LogP contribution in [0, 0.1) is 0 Å². The molecule has 0 amide bonds. The minimum Gasteiger partial charge on any atom is -0.326 e. The summed E-state index contributed by atoms with van der Waals surface area (Å²) in [6, 6.07) is 79.9. The Kier molecular flexibility index (Phi) is 7.98. The Balaban J connectivity index is 1.17. The molecule has 0 fully saturated rings. The summed E-state index contributed by atoms with van der Waals surface area (Å²) in [4.78, 5) is 7.78. The van der Waals surface area contributed by atoms with Gasteiger partial charge in [0.05, 0.1) is 39.1 Å². The zero-order valence-electron chi connectivity index (χ0n) is 35.9. The number of fused-ring (bicyclic) bond motifs is 15. The molecule has 12 aromatic rings. The van der Waals surface area contributed by atoms with E-state index in [1.54, 1.807) is 0 Å². The Bertz CT molecular complexity index is 3860. The predicted molar refractivity (Wildman–Crippen MR) is 276 cm³/mol. The number of hydrogen-bond donors (Lipinski definition) is 0. The molecule has 0 atom stereocenters. The molecule has 0 spiro atoms. The van der Waals surface area contributed by atoms with Crippen LogP contribution in [0.1, 0.15) is 0 Å². The summed E-state index contributed by atoms with van der Waals surface area (Å²) in [6.07, 6.45) is 4.27. The van der Waals surface area contributed by atoms with Gasteiger partial charge in [-0.1, -0.05) is 140 Å². The van der Waals surface area contributed by atoms with Crippen molar-refractivity contribution in [2.45, 2.75) is 0 Å². The first-order valence-corrected chi connectivity index (χ1v) is 22.7. The molecule has 14 rings (SSSR count). The van der Waals surface area contributed by atoms with Crippen molar-refractivity contribution in [3.8, 4) is 56.0 Å². The van der Waals surface area contributed by atoms with Crippen LogP contribution in [-0.2, 0) is 0 Å². The zero-order chi connectivity index (χ0) is 43.3. The minimum atomic E-state index is 0.708. The molecular formula is C61H40N5+. The number of benzene rings is 9. The van der Waals surface area contributed by atoms with E-state index in [9.17, 15) is 0 Å². The van der Waals surface area contributed by atoms with E-state index in [-0.39, 0.29) is 0 Å². The van der Waals surface area contributed by atoms with Crippen LogP contribution < -0.4 is 9.48 Å². The Labute approximate surface area is 381 Å². The highest BCUT2D eigenvalue weighted by atomic mass is 15.2. The van der Waals surface area contributed by atoms with Gasteiger partial charge in [0.25, 0.3) is 0 Å². The quantitative estimate of drug-likeness (QED) is 0.165. The average Bonchev–Trinajstić information content (AvgIpc) is 3.90. The maximum absolute atomic E-state index is 5.35. The third-order valence-corrected chi connectivity index (χ3v) is 13.8. The van der Waals surface area contributed by atoms with Crippen molar-refractivity contribution >= 4 is 72.6 Å². The lowest BCUT2D eigenvalue weighted by Gasteiger charge is -2.31. The number of nitrogens with zero attached hydrogens (tertiary/aromatic N) is 5. The van der Waals surface area contributed by atoms with E-state index in [4.69, 9.17) is 4.98 Å². The Morgan fingerprint density at radius 3 is 1.42 bits per heavy atom. The summed E-state index contributed by atoms with van der Waals surface area (Å²) >= 11 is 0. The summed E-state index contributed by atoms with van der Waals surface area (Å²) in [7, 11) is 0. The fourth-order valence-corrected chi connectivity index (χ4v) is 11.1. The van der Waals surface area contributed by atoms with Gasteiger partial charge in [0.2, 0.25) is 11.4 Å². The fraction of sp³-hybridized carbons (Fsp3) is 0.0164. The molecule has 66 heavy (non-hydrogen) atoms. The molecule has 0 N–H and O–H groups in total. The first-order valence-electron chi connectivity index (χ1n) is 22.7. The van der Waals surface area contributed by atoms with E-state index in [2.05, 4.69) is 243 Å². The molecule has 5 nitrogen and oxygen atoms in total. The lowest BCUT2D eigenvalue weighted by atomic mass is 9.80. The van der Waals surface area contributed by atoms with Crippen LogP contribution in [0.5, 0.6) is 0 Å². The molecule has 1 aliphatic heterocycles. The number of pyridine rings is 1. The topological polar surface area (TPSA) is 29.0 Å². The van der Waals surface area contributed by atoms with Crippen molar-refractivity contribution in [3.63, 3.8) is 0 Å². The van der Waals surface area contributed by atoms with Gasteiger partial charge in [-0.05, 0) is 77.4 Å². The summed E-state index contributed by atoms with van der Waals surface area (Å²) < 4.78 is 7.37. The monoisotopic (exact) mass is 842 g/mol. The number of para-hydroxylation sites is 6. The lowest BCUT2D eigenvalue weighted by molar-refractivity contribution is 1.000. The second-order valence-electron chi connectivity index (χ2n) is 17.3.